The van der Waals surface area contributed by atoms with Crippen molar-refractivity contribution >= 4 is 15.9 Å². The molecule has 0 radical (unpaired) electrons. The van der Waals surface area contributed by atoms with E-state index < -0.39 is 21.7 Å². The molecule has 0 saturated heterocycles. The minimum absolute atomic E-state index is 0.119. The van der Waals surface area contributed by atoms with Gasteiger partial charge in [0.2, 0.25) is 10.0 Å². The predicted octanol–water partition coefficient (Wildman–Crippen LogP) is -0.0802. The van der Waals surface area contributed by atoms with Crippen LogP contribution in [0.15, 0.2) is 24.3 Å². The number of rotatable bonds is 5. The molecular formula is C10H14N2O4S. The zero-order valence-electron chi connectivity index (χ0n) is 9.30. The Morgan fingerprint density at radius 1 is 1.35 bits per heavy atom. The third kappa shape index (κ3) is 4.51. The van der Waals surface area contributed by atoms with E-state index in [0.717, 1.165) is 11.1 Å². The molecule has 0 spiro atoms. The number of aryl methyl sites for hydroxylation is 1. The summed E-state index contributed by atoms with van der Waals surface area (Å²) in [7, 11) is -3.73. The molecule has 0 heterocycles. The first-order valence-corrected chi connectivity index (χ1v) is 6.54. The SMILES string of the molecule is Cc1ccccc1CNS(=O)(=O)CC(=O)NO. The average molecular weight is 258 g/mol. The van der Waals surface area contributed by atoms with Gasteiger partial charge in [0.1, 0.15) is 5.75 Å². The van der Waals surface area contributed by atoms with Gasteiger partial charge in [-0.05, 0) is 18.1 Å². The molecule has 94 valence electrons. The van der Waals surface area contributed by atoms with Crippen LogP contribution in [-0.4, -0.2) is 25.3 Å². The van der Waals surface area contributed by atoms with Gasteiger partial charge in [0.05, 0.1) is 0 Å². The number of benzene rings is 1. The third-order valence-corrected chi connectivity index (χ3v) is 3.42. The molecule has 0 atom stereocenters. The van der Waals surface area contributed by atoms with Crippen LogP contribution in [0.4, 0.5) is 0 Å². The standard InChI is InChI=1S/C10H14N2O4S/c1-8-4-2-3-5-9(8)6-11-17(15,16)7-10(13)12-14/h2-5,11,14H,6-7H2,1H3,(H,12,13). The van der Waals surface area contributed by atoms with Gasteiger partial charge in [-0.1, -0.05) is 24.3 Å². The fourth-order valence-electron chi connectivity index (χ4n) is 1.25. The molecule has 0 fully saturated rings. The molecule has 0 unspecified atom stereocenters. The molecule has 0 aliphatic carbocycles. The fourth-order valence-corrected chi connectivity index (χ4v) is 2.14. The number of hydroxylamine groups is 1. The number of hydrogen-bond donors (Lipinski definition) is 3. The number of hydrogen-bond acceptors (Lipinski definition) is 4. The lowest BCUT2D eigenvalue weighted by Gasteiger charge is -2.07. The predicted molar refractivity (Wildman–Crippen MR) is 61.7 cm³/mol. The maximum atomic E-state index is 11.4. The van der Waals surface area contributed by atoms with Crippen molar-refractivity contribution in [1.82, 2.24) is 10.2 Å². The van der Waals surface area contributed by atoms with Crippen molar-refractivity contribution in [2.24, 2.45) is 0 Å². The summed E-state index contributed by atoms with van der Waals surface area (Å²) in [5, 5.41) is 8.24. The average Bonchev–Trinajstić information content (AvgIpc) is 2.27. The van der Waals surface area contributed by atoms with Gasteiger partial charge in [-0.15, -0.1) is 0 Å². The summed E-state index contributed by atoms with van der Waals surface area (Å²) >= 11 is 0. The summed E-state index contributed by atoms with van der Waals surface area (Å²) in [5.74, 6) is -1.77. The van der Waals surface area contributed by atoms with Crippen molar-refractivity contribution in [3.63, 3.8) is 0 Å². The van der Waals surface area contributed by atoms with Crippen molar-refractivity contribution in [3.05, 3.63) is 35.4 Å². The van der Waals surface area contributed by atoms with E-state index in [9.17, 15) is 13.2 Å². The molecule has 3 N–H and O–H groups in total. The molecule has 1 rings (SSSR count). The van der Waals surface area contributed by atoms with Crippen LogP contribution in [0, 0.1) is 6.92 Å². The maximum Gasteiger partial charge on any atom is 0.259 e. The second-order valence-corrected chi connectivity index (χ2v) is 5.35. The first-order chi connectivity index (χ1) is 7.94. The number of amides is 1. The Kier molecular flexibility index (Phi) is 4.62. The second-order valence-electron chi connectivity index (χ2n) is 3.54. The molecular weight excluding hydrogens is 244 g/mol. The summed E-state index contributed by atoms with van der Waals surface area (Å²) in [6.07, 6.45) is 0. The molecule has 0 aromatic heterocycles. The summed E-state index contributed by atoms with van der Waals surface area (Å²) in [6, 6.07) is 7.32. The van der Waals surface area contributed by atoms with Gasteiger partial charge >= 0.3 is 0 Å². The van der Waals surface area contributed by atoms with Crippen LogP contribution in [0.25, 0.3) is 0 Å². The van der Waals surface area contributed by atoms with Gasteiger partial charge in [0.15, 0.2) is 0 Å². The highest BCUT2D eigenvalue weighted by molar-refractivity contribution is 7.90. The number of carbonyl (C=O) groups excluding carboxylic acids is 1. The van der Waals surface area contributed by atoms with Gasteiger partial charge in [0, 0.05) is 6.54 Å². The third-order valence-electron chi connectivity index (χ3n) is 2.19. The Hall–Kier alpha value is -1.44. The van der Waals surface area contributed by atoms with Crippen LogP contribution in [0.1, 0.15) is 11.1 Å². The molecule has 0 bridgehead atoms. The van der Waals surface area contributed by atoms with Crippen molar-refractivity contribution in [1.29, 1.82) is 0 Å². The fraction of sp³-hybridized carbons (Fsp3) is 0.300. The molecule has 0 saturated carbocycles. The lowest BCUT2D eigenvalue weighted by molar-refractivity contribution is -0.126. The van der Waals surface area contributed by atoms with E-state index >= 15 is 0 Å². The Labute approximate surface area is 99.7 Å². The van der Waals surface area contributed by atoms with Crippen molar-refractivity contribution < 1.29 is 18.4 Å². The summed E-state index contributed by atoms with van der Waals surface area (Å²) in [6.45, 7) is 1.98. The molecule has 1 aromatic rings. The number of sulfonamides is 1. The van der Waals surface area contributed by atoms with Gasteiger partial charge in [-0.25, -0.2) is 18.6 Å². The topological polar surface area (TPSA) is 95.5 Å². The minimum Gasteiger partial charge on any atom is -0.289 e. The largest absolute Gasteiger partial charge is 0.289 e. The van der Waals surface area contributed by atoms with E-state index in [1.807, 2.05) is 19.1 Å². The summed E-state index contributed by atoms with van der Waals surface area (Å²) in [5.41, 5.74) is 3.07. The van der Waals surface area contributed by atoms with Gasteiger partial charge in [-0.3, -0.25) is 10.0 Å². The highest BCUT2D eigenvalue weighted by Crippen LogP contribution is 2.06. The van der Waals surface area contributed by atoms with Crippen LogP contribution in [0.5, 0.6) is 0 Å². The van der Waals surface area contributed by atoms with E-state index in [4.69, 9.17) is 5.21 Å². The normalized spacial score (nSPS) is 11.2. The van der Waals surface area contributed by atoms with Crippen molar-refractivity contribution in [2.45, 2.75) is 13.5 Å². The number of nitrogens with one attached hydrogen (secondary N) is 2. The first-order valence-electron chi connectivity index (χ1n) is 4.89. The van der Waals surface area contributed by atoms with Crippen molar-refractivity contribution in [2.75, 3.05) is 5.75 Å². The second kappa shape index (κ2) is 5.76. The zero-order chi connectivity index (χ0) is 12.9. The number of carbonyl (C=O) groups is 1. The molecule has 1 aromatic carbocycles. The van der Waals surface area contributed by atoms with E-state index in [-0.39, 0.29) is 6.54 Å². The summed E-state index contributed by atoms with van der Waals surface area (Å²) in [4.78, 5) is 10.7. The zero-order valence-corrected chi connectivity index (χ0v) is 10.1. The van der Waals surface area contributed by atoms with Gasteiger partial charge in [0.25, 0.3) is 5.91 Å². The molecule has 6 nitrogen and oxygen atoms in total. The van der Waals surface area contributed by atoms with E-state index in [1.54, 1.807) is 12.1 Å². The maximum absolute atomic E-state index is 11.4. The Bertz CT molecular complexity index is 499. The minimum atomic E-state index is -3.73. The molecule has 0 aliphatic rings. The van der Waals surface area contributed by atoms with Gasteiger partial charge < -0.3 is 0 Å². The lowest BCUT2D eigenvalue weighted by Crippen LogP contribution is -2.34. The molecule has 7 heteroatoms. The van der Waals surface area contributed by atoms with Crippen LogP contribution in [0.2, 0.25) is 0 Å². The Morgan fingerprint density at radius 2 is 2.00 bits per heavy atom. The Balaban J connectivity index is 2.62. The van der Waals surface area contributed by atoms with Crippen LogP contribution < -0.4 is 10.2 Å². The van der Waals surface area contributed by atoms with Gasteiger partial charge in [-0.2, -0.15) is 0 Å². The Morgan fingerprint density at radius 3 is 2.59 bits per heavy atom. The molecule has 0 aliphatic heterocycles. The smallest absolute Gasteiger partial charge is 0.259 e. The van der Waals surface area contributed by atoms with E-state index in [0.29, 0.717) is 0 Å². The molecule has 1 amide bonds. The highest BCUT2D eigenvalue weighted by atomic mass is 32.2. The first kappa shape index (κ1) is 13.6. The van der Waals surface area contributed by atoms with Crippen molar-refractivity contribution in [3.8, 4) is 0 Å². The van der Waals surface area contributed by atoms with Crippen LogP contribution >= 0.6 is 0 Å². The highest BCUT2D eigenvalue weighted by Gasteiger charge is 2.15. The lowest BCUT2D eigenvalue weighted by atomic mass is 10.1. The monoisotopic (exact) mass is 258 g/mol. The quantitative estimate of drug-likeness (QED) is 0.508. The summed E-state index contributed by atoms with van der Waals surface area (Å²) < 4.78 is 25.1. The van der Waals surface area contributed by atoms with Crippen LogP contribution in [0.3, 0.4) is 0 Å². The van der Waals surface area contributed by atoms with E-state index in [2.05, 4.69) is 4.72 Å². The van der Waals surface area contributed by atoms with Crippen LogP contribution in [-0.2, 0) is 21.4 Å². The molecule has 17 heavy (non-hydrogen) atoms. The van der Waals surface area contributed by atoms with E-state index in [1.165, 1.54) is 5.48 Å².